The predicted molar refractivity (Wildman–Crippen MR) is 119 cm³/mol. The molecule has 2 saturated heterocycles. The quantitative estimate of drug-likeness (QED) is 0.676. The molecule has 162 valence electrons. The minimum absolute atomic E-state index is 0.0458. The summed E-state index contributed by atoms with van der Waals surface area (Å²) in [6.45, 7) is 5.63. The van der Waals surface area contributed by atoms with Crippen LogP contribution in [0.25, 0.3) is 0 Å². The lowest BCUT2D eigenvalue weighted by atomic mass is 10.3. The average molecular weight is 471 g/mol. The molecule has 0 radical (unpaired) electrons. The zero-order chi connectivity index (χ0) is 21.3. The highest BCUT2D eigenvalue weighted by Gasteiger charge is 2.31. The Morgan fingerprint density at radius 1 is 0.833 bits per heavy atom. The molecule has 11 heteroatoms. The van der Waals surface area contributed by atoms with Crippen molar-refractivity contribution in [3.8, 4) is 0 Å². The molecular formula is C19H24Cl2N6O2S. The number of halogens is 2. The van der Waals surface area contributed by atoms with Crippen molar-refractivity contribution >= 4 is 44.9 Å². The van der Waals surface area contributed by atoms with Gasteiger partial charge in [-0.3, -0.25) is 0 Å². The minimum atomic E-state index is -3.71. The summed E-state index contributed by atoms with van der Waals surface area (Å²) in [5, 5.41) is 0.517. The Morgan fingerprint density at radius 3 is 2.00 bits per heavy atom. The molecule has 0 unspecified atom stereocenters. The maximum absolute atomic E-state index is 13.0. The van der Waals surface area contributed by atoms with Crippen LogP contribution in [0.2, 0.25) is 10.0 Å². The van der Waals surface area contributed by atoms with Crippen LogP contribution in [0.15, 0.2) is 35.5 Å². The highest BCUT2D eigenvalue weighted by atomic mass is 35.5. The number of nitrogens with zero attached hydrogens (tertiary/aromatic N) is 6. The highest BCUT2D eigenvalue weighted by molar-refractivity contribution is 7.89. The largest absolute Gasteiger partial charge is 0.354 e. The average Bonchev–Trinajstić information content (AvgIpc) is 2.76. The van der Waals surface area contributed by atoms with E-state index in [1.165, 1.54) is 16.4 Å². The van der Waals surface area contributed by atoms with Crippen LogP contribution in [-0.4, -0.2) is 87.0 Å². The number of hydrogen-bond acceptors (Lipinski definition) is 7. The lowest BCUT2D eigenvalue weighted by Crippen LogP contribution is -2.49. The predicted octanol–water partition coefficient (Wildman–Crippen LogP) is 2.05. The number of piperazine rings is 2. The Morgan fingerprint density at radius 2 is 1.40 bits per heavy atom. The fraction of sp³-hybridized carbons (Fsp3) is 0.474. The highest BCUT2D eigenvalue weighted by Crippen LogP contribution is 2.29. The van der Waals surface area contributed by atoms with Gasteiger partial charge in [-0.1, -0.05) is 23.2 Å². The van der Waals surface area contributed by atoms with Crippen LogP contribution < -0.4 is 9.80 Å². The number of anilines is 2. The number of likely N-dealkylation sites (N-methyl/N-ethyl adjacent to an activating group) is 1. The van der Waals surface area contributed by atoms with Gasteiger partial charge in [0.05, 0.1) is 5.02 Å². The van der Waals surface area contributed by atoms with E-state index in [9.17, 15) is 8.42 Å². The second-order valence-electron chi connectivity index (χ2n) is 7.49. The summed E-state index contributed by atoms with van der Waals surface area (Å²) in [7, 11) is -1.59. The van der Waals surface area contributed by atoms with Crippen LogP contribution in [0.1, 0.15) is 0 Å². The van der Waals surface area contributed by atoms with Gasteiger partial charge >= 0.3 is 0 Å². The molecule has 0 N–H and O–H groups in total. The summed E-state index contributed by atoms with van der Waals surface area (Å²) >= 11 is 12.1. The number of aromatic nitrogens is 2. The van der Waals surface area contributed by atoms with Gasteiger partial charge in [0.1, 0.15) is 22.9 Å². The van der Waals surface area contributed by atoms with Crippen LogP contribution in [0.3, 0.4) is 0 Å². The molecule has 1 aromatic carbocycles. The SMILES string of the molecule is CN1CCN(c2cc(N3CCN(S(=O)(=O)c4cc(Cl)ccc4Cl)CC3)ncn2)CC1. The fourth-order valence-corrected chi connectivity index (χ4v) is 5.85. The number of hydrogen-bond donors (Lipinski definition) is 0. The van der Waals surface area contributed by atoms with E-state index in [0.717, 1.165) is 37.8 Å². The molecule has 2 fully saturated rings. The third-order valence-corrected chi connectivity index (χ3v) is 8.15. The molecule has 2 aliphatic heterocycles. The van der Waals surface area contributed by atoms with Crippen LogP contribution >= 0.6 is 23.2 Å². The molecule has 30 heavy (non-hydrogen) atoms. The summed E-state index contributed by atoms with van der Waals surface area (Å²) in [4.78, 5) is 15.5. The van der Waals surface area contributed by atoms with Gasteiger partial charge in [-0.05, 0) is 25.2 Å². The molecule has 3 heterocycles. The molecule has 2 aliphatic rings. The summed E-state index contributed by atoms with van der Waals surface area (Å²) in [5.74, 6) is 1.73. The molecule has 4 rings (SSSR count). The van der Waals surface area contributed by atoms with Gasteiger partial charge in [0, 0.05) is 63.4 Å². The zero-order valence-electron chi connectivity index (χ0n) is 16.7. The van der Waals surface area contributed by atoms with E-state index in [-0.39, 0.29) is 9.92 Å². The fourth-order valence-electron chi connectivity index (χ4n) is 3.69. The van der Waals surface area contributed by atoms with E-state index in [4.69, 9.17) is 23.2 Å². The number of sulfonamides is 1. The van der Waals surface area contributed by atoms with E-state index >= 15 is 0 Å². The Bertz CT molecular complexity index is 1010. The van der Waals surface area contributed by atoms with Crippen molar-refractivity contribution in [2.24, 2.45) is 0 Å². The lowest BCUT2D eigenvalue weighted by Gasteiger charge is -2.36. The second kappa shape index (κ2) is 8.84. The Labute approximate surface area is 187 Å². The molecule has 0 bridgehead atoms. The lowest BCUT2D eigenvalue weighted by molar-refractivity contribution is 0.312. The molecule has 2 aromatic rings. The summed E-state index contributed by atoms with van der Waals surface area (Å²) in [6.07, 6.45) is 1.58. The van der Waals surface area contributed by atoms with E-state index in [2.05, 4.69) is 31.7 Å². The Kier molecular flexibility index (Phi) is 6.36. The third kappa shape index (κ3) is 4.50. The van der Waals surface area contributed by atoms with Crippen molar-refractivity contribution in [3.05, 3.63) is 40.6 Å². The van der Waals surface area contributed by atoms with Crippen molar-refractivity contribution in [1.29, 1.82) is 0 Å². The number of benzene rings is 1. The third-order valence-electron chi connectivity index (χ3n) is 5.54. The maximum Gasteiger partial charge on any atom is 0.244 e. The van der Waals surface area contributed by atoms with Gasteiger partial charge in [-0.25, -0.2) is 18.4 Å². The maximum atomic E-state index is 13.0. The van der Waals surface area contributed by atoms with Crippen molar-refractivity contribution in [2.45, 2.75) is 4.90 Å². The standard InChI is InChI=1S/C19H24Cl2N6O2S/c1-24-4-6-25(7-5-24)18-13-19(23-14-22-18)26-8-10-27(11-9-26)30(28,29)17-12-15(20)2-3-16(17)21/h2-3,12-14H,4-11H2,1H3. The molecule has 0 amide bonds. The van der Waals surface area contributed by atoms with Gasteiger partial charge in [0.2, 0.25) is 10.0 Å². The van der Waals surface area contributed by atoms with Gasteiger partial charge in [-0.2, -0.15) is 4.31 Å². The van der Waals surface area contributed by atoms with Gasteiger partial charge in [0.15, 0.2) is 0 Å². The van der Waals surface area contributed by atoms with Crippen LogP contribution in [0, 0.1) is 0 Å². The van der Waals surface area contributed by atoms with E-state index < -0.39 is 10.0 Å². The van der Waals surface area contributed by atoms with Gasteiger partial charge < -0.3 is 14.7 Å². The first-order valence-electron chi connectivity index (χ1n) is 9.80. The monoisotopic (exact) mass is 470 g/mol. The number of rotatable bonds is 4. The van der Waals surface area contributed by atoms with Crippen LogP contribution in [-0.2, 0) is 10.0 Å². The van der Waals surface area contributed by atoms with Gasteiger partial charge in [-0.15, -0.1) is 0 Å². The molecule has 0 saturated carbocycles. The summed E-state index contributed by atoms with van der Waals surface area (Å²) in [6, 6.07) is 6.48. The second-order valence-corrected chi connectivity index (χ2v) is 10.2. The summed E-state index contributed by atoms with van der Waals surface area (Å²) < 4.78 is 27.5. The van der Waals surface area contributed by atoms with E-state index in [0.29, 0.717) is 31.2 Å². The van der Waals surface area contributed by atoms with Crippen molar-refractivity contribution < 1.29 is 8.42 Å². The normalized spacial score (nSPS) is 19.3. The molecule has 8 nitrogen and oxygen atoms in total. The molecule has 0 spiro atoms. The first kappa shape index (κ1) is 21.6. The molecule has 1 aromatic heterocycles. The van der Waals surface area contributed by atoms with Crippen molar-refractivity contribution in [1.82, 2.24) is 19.2 Å². The van der Waals surface area contributed by atoms with E-state index in [1.807, 2.05) is 6.07 Å². The first-order valence-corrected chi connectivity index (χ1v) is 12.0. The molecular weight excluding hydrogens is 447 g/mol. The Balaban J connectivity index is 1.45. The molecule has 0 aliphatic carbocycles. The Hall–Kier alpha value is -1.65. The minimum Gasteiger partial charge on any atom is -0.354 e. The van der Waals surface area contributed by atoms with Crippen molar-refractivity contribution in [2.75, 3.05) is 69.2 Å². The smallest absolute Gasteiger partial charge is 0.244 e. The van der Waals surface area contributed by atoms with Crippen LogP contribution in [0.4, 0.5) is 11.6 Å². The summed E-state index contributed by atoms with van der Waals surface area (Å²) in [5.41, 5.74) is 0. The first-order chi connectivity index (χ1) is 14.3. The molecule has 0 atom stereocenters. The zero-order valence-corrected chi connectivity index (χ0v) is 19.0. The van der Waals surface area contributed by atoms with Gasteiger partial charge in [0.25, 0.3) is 0 Å². The van der Waals surface area contributed by atoms with E-state index in [1.54, 1.807) is 12.4 Å². The van der Waals surface area contributed by atoms with Crippen molar-refractivity contribution in [3.63, 3.8) is 0 Å². The topological polar surface area (TPSA) is 72.9 Å². The van der Waals surface area contributed by atoms with Crippen LogP contribution in [0.5, 0.6) is 0 Å².